The number of anilines is 2. The Morgan fingerprint density at radius 1 is 0.815 bits per heavy atom. The predicted molar refractivity (Wildman–Crippen MR) is 108 cm³/mol. The Morgan fingerprint density at radius 3 is 2.22 bits per heavy atom. The van der Waals surface area contributed by atoms with Gasteiger partial charge in [0.15, 0.2) is 0 Å². The Labute approximate surface area is 167 Å². The number of carbonyl (C=O) groups excluding carboxylic acids is 1. The van der Waals surface area contributed by atoms with Crippen LogP contribution in [0.3, 0.4) is 0 Å². The molecule has 3 rings (SSSR count). The second kappa shape index (κ2) is 8.00. The van der Waals surface area contributed by atoms with Crippen molar-refractivity contribution in [1.82, 2.24) is 0 Å². The molecule has 0 bridgehead atoms. The third-order valence-corrected chi connectivity index (χ3v) is 5.69. The van der Waals surface area contributed by atoms with E-state index in [0.717, 1.165) is 0 Å². The van der Waals surface area contributed by atoms with Gasteiger partial charge in [-0.2, -0.15) is 0 Å². The van der Waals surface area contributed by atoms with Crippen LogP contribution in [0.1, 0.15) is 10.4 Å². The number of amides is 1. The van der Waals surface area contributed by atoms with E-state index in [0.29, 0.717) is 10.7 Å². The number of benzene rings is 3. The summed E-state index contributed by atoms with van der Waals surface area (Å²) in [6.07, 6.45) is 0. The summed E-state index contributed by atoms with van der Waals surface area (Å²) in [5.74, 6) is -0.447. The lowest BCUT2D eigenvalue weighted by Crippen LogP contribution is -2.16. The van der Waals surface area contributed by atoms with E-state index in [-0.39, 0.29) is 21.2 Å². The first-order valence-electron chi connectivity index (χ1n) is 7.79. The molecule has 27 heavy (non-hydrogen) atoms. The summed E-state index contributed by atoms with van der Waals surface area (Å²) in [7, 11) is -4.01. The quantitative estimate of drug-likeness (QED) is 0.606. The van der Waals surface area contributed by atoms with Gasteiger partial charge in [-0.1, -0.05) is 47.5 Å². The Morgan fingerprint density at radius 2 is 1.52 bits per heavy atom. The number of para-hydroxylation sites is 1. The van der Waals surface area contributed by atoms with Crippen molar-refractivity contribution in [2.75, 3.05) is 10.0 Å². The number of rotatable bonds is 5. The number of carbonyl (C=O) groups is 1. The smallest absolute Gasteiger partial charge is 0.263 e. The first kappa shape index (κ1) is 19.2. The third-order valence-electron chi connectivity index (χ3n) is 3.59. The Hall–Kier alpha value is -2.54. The van der Waals surface area contributed by atoms with Crippen molar-refractivity contribution in [2.45, 2.75) is 4.90 Å². The molecular weight excluding hydrogens is 407 g/mol. The molecule has 2 N–H and O–H groups in total. The standard InChI is InChI=1S/C19H14Cl2N2O3S/c20-14-5-4-8-16(12-14)23-27(25,26)18-11-13(9-10-17(18)21)19(24)22-15-6-2-1-3-7-15/h1-12,23H,(H,22,24). The number of hydrogen-bond donors (Lipinski definition) is 2. The SMILES string of the molecule is O=C(Nc1ccccc1)c1ccc(Cl)c(S(=O)(=O)Nc2cccc(Cl)c2)c1. The van der Waals surface area contributed by atoms with E-state index < -0.39 is 15.9 Å². The van der Waals surface area contributed by atoms with Crippen LogP contribution in [-0.4, -0.2) is 14.3 Å². The molecule has 0 aliphatic rings. The molecule has 0 unspecified atom stereocenters. The highest BCUT2D eigenvalue weighted by molar-refractivity contribution is 7.92. The summed E-state index contributed by atoms with van der Waals surface area (Å²) in [5, 5.41) is 3.09. The van der Waals surface area contributed by atoms with Crippen LogP contribution in [0.2, 0.25) is 10.0 Å². The molecule has 0 heterocycles. The molecule has 0 aliphatic heterocycles. The number of hydrogen-bond acceptors (Lipinski definition) is 3. The van der Waals surface area contributed by atoms with Crippen molar-refractivity contribution in [1.29, 1.82) is 0 Å². The maximum atomic E-state index is 12.7. The minimum atomic E-state index is -4.01. The van der Waals surface area contributed by atoms with Crippen molar-refractivity contribution in [3.8, 4) is 0 Å². The average Bonchev–Trinajstić information content (AvgIpc) is 2.62. The molecule has 0 aromatic heterocycles. The molecule has 8 heteroatoms. The van der Waals surface area contributed by atoms with Gasteiger partial charge in [-0.3, -0.25) is 9.52 Å². The van der Waals surface area contributed by atoms with Gasteiger partial charge in [0.05, 0.1) is 10.7 Å². The fourth-order valence-electron chi connectivity index (χ4n) is 2.34. The second-order valence-electron chi connectivity index (χ2n) is 5.58. The lowest BCUT2D eigenvalue weighted by Gasteiger charge is -2.11. The van der Waals surface area contributed by atoms with Crippen LogP contribution in [0.4, 0.5) is 11.4 Å². The Balaban J connectivity index is 1.89. The molecule has 3 aromatic carbocycles. The fourth-order valence-corrected chi connectivity index (χ4v) is 4.10. The van der Waals surface area contributed by atoms with E-state index in [9.17, 15) is 13.2 Å². The van der Waals surface area contributed by atoms with Crippen molar-refractivity contribution < 1.29 is 13.2 Å². The van der Waals surface area contributed by atoms with Gasteiger partial charge in [0.25, 0.3) is 15.9 Å². The molecular formula is C19H14Cl2N2O3S. The molecule has 0 saturated carbocycles. The molecule has 0 radical (unpaired) electrons. The van der Waals surface area contributed by atoms with Gasteiger partial charge in [0.2, 0.25) is 0 Å². The molecule has 0 spiro atoms. The molecule has 0 aliphatic carbocycles. The van der Waals surface area contributed by atoms with Crippen molar-refractivity contribution in [2.24, 2.45) is 0 Å². The summed E-state index contributed by atoms with van der Waals surface area (Å²) in [4.78, 5) is 12.2. The van der Waals surface area contributed by atoms with Crippen LogP contribution in [0, 0.1) is 0 Å². The number of sulfonamides is 1. The first-order valence-corrected chi connectivity index (χ1v) is 10.0. The van der Waals surface area contributed by atoms with Crippen LogP contribution < -0.4 is 10.0 Å². The topological polar surface area (TPSA) is 75.3 Å². The van der Waals surface area contributed by atoms with Crippen LogP contribution in [0.25, 0.3) is 0 Å². The largest absolute Gasteiger partial charge is 0.322 e. The van der Waals surface area contributed by atoms with Gasteiger partial charge in [0, 0.05) is 16.3 Å². The van der Waals surface area contributed by atoms with Crippen molar-refractivity contribution in [3.63, 3.8) is 0 Å². The maximum Gasteiger partial charge on any atom is 0.263 e. The predicted octanol–water partition coefficient (Wildman–Crippen LogP) is 5.05. The molecule has 5 nitrogen and oxygen atoms in total. The molecule has 0 atom stereocenters. The van der Waals surface area contributed by atoms with Crippen LogP contribution in [0.5, 0.6) is 0 Å². The first-order chi connectivity index (χ1) is 12.8. The monoisotopic (exact) mass is 420 g/mol. The van der Waals surface area contributed by atoms with Crippen LogP contribution >= 0.6 is 23.2 Å². The highest BCUT2D eigenvalue weighted by Gasteiger charge is 2.20. The zero-order valence-electron chi connectivity index (χ0n) is 13.8. The van der Waals surface area contributed by atoms with E-state index >= 15 is 0 Å². The van der Waals surface area contributed by atoms with Crippen LogP contribution in [0.15, 0.2) is 77.7 Å². The number of halogens is 2. The summed E-state index contributed by atoms with van der Waals surface area (Å²) in [6.45, 7) is 0. The second-order valence-corrected chi connectivity index (χ2v) is 8.08. The van der Waals surface area contributed by atoms with E-state index in [2.05, 4.69) is 10.0 Å². The van der Waals surface area contributed by atoms with E-state index in [1.54, 1.807) is 42.5 Å². The molecule has 138 valence electrons. The minimum Gasteiger partial charge on any atom is -0.322 e. The lowest BCUT2D eigenvalue weighted by molar-refractivity contribution is 0.102. The van der Waals surface area contributed by atoms with E-state index in [1.807, 2.05) is 6.07 Å². The number of nitrogens with one attached hydrogen (secondary N) is 2. The summed E-state index contributed by atoms with van der Waals surface area (Å²) in [5.41, 5.74) is 1.05. The van der Waals surface area contributed by atoms with Gasteiger partial charge < -0.3 is 5.32 Å². The van der Waals surface area contributed by atoms with Crippen molar-refractivity contribution >= 4 is 50.5 Å². The van der Waals surface area contributed by atoms with Crippen molar-refractivity contribution in [3.05, 3.63) is 88.4 Å². The minimum absolute atomic E-state index is 0.000731. The lowest BCUT2D eigenvalue weighted by atomic mass is 10.2. The van der Waals surface area contributed by atoms with E-state index in [4.69, 9.17) is 23.2 Å². The van der Waals surface area contributed by atoms with E-state index in [1.165, 1.54) is 24.3 Å². The van der Waals surface area contributed by atoms with Crippen LogP contribution in [-0.2, 0) is 10.0 Å². The highest BCUT2D eigenvalue weighted by Crippen LogP contribution is 2.26. The summed E-state index contributed by atoms with van der Waals surface area (Å²) >= 11 is 11.9. The summed E-state index contributed by atoms with van der Waals surface area (Å²) in [6, 6.07) is 19.2. The molecule has 1 amide bonds. The zero-order valence-corrected chi connectivity index (χ0v) is 16.1. The highest BCUT2D eigenvalue weighted by atomic mass is 35.5. The van der Waals surface area contributed by atoms with Gasteiger partial charge >= 0.3 is 0 Å². The van der Waals surface area contributed by atoms with Gasteiger partial charge in [-0.05, 0) is 48.5 Å². The third kappa shape index (κ3) is 4.80. The summed E-state index contributed by atoms with van der Waals surface area (Å²) < 4.78 is 27.8. The normalized spacial score (nSPS) is 11.0. The molecule has 0 fully saturated rings. The average molecular weight is 421 g/mol. The van der Waals surface area contributed by atoms with Gasteiger partial charge in [0.1, 0.15) is 4.90 Å². The Bertz CT molecular complexity index is 1090. The molecule has 3 aromatic rings. The van der Waals surface area contributed by atoms with Gasteiger partial charge in [-0.15, -0.1) is 0 Å². The molecule has 0 saturated heterocycles. The zero-order chi connectivity index (χ0) is 19.4. The van der Waals surface area contributed by atoms with Gasteiger partial charge in [-0.25, -0.2) is 8.42 Å². The maximum absolute atomic E-state index is 12.7. The Kier molecular flexibility index (Phi) is 5.70. The fraction of sp³-hybridized carbons (Fsp3) is 0.